The Kier molecular flexibility index (Phi) is 3.65. The number of fused-ring (bicyclic) bond motifs is 1. The Labute approximate surface area is 148 Å². The zero-order valence-electron chi connectivity index (χ0n) is 14.0. The molecule has 3 aliphatic rings. The van der Waals surface area contributed by atoms with Crippen LogP contribution in [-0.4, -0.2) is 27.3 Å². The number of benzene rings is 2. The van der Waals surface area contributed by atoms with Gasteiger partial charge in [0.2, 0.25) is 4.75 Å². The first kappa shape index (κ1) is 16.2. The van der Waals surface area contributed by atoms with Crippen LogP contribution in [0.15, 0.2) is 48.5 Å². The molecule has 0 radical (unpaired) electrons. The molecular weight excluding hydrogens is 336 g/mol. The monoisotopic (exact) mass is 354 g/mol. The van der Waals surface area contributed by atoms with Gasteiger partial charge in [0.1, 0.15) is 0 Å². The zero-order chi connectivity index (χ0) is 17.8. The van der Waals surface area contributed by atoms with E-state index in [0.717, 1.165) is 22.3 Å². The number of carbonyl (C=O) groups excluding carboxylic acids is 2. The molecule has 0 N–H and O–H groups in total. The summed E-state index contributed by atoms with van der Waals surface area (Å²) in [6.45, 7) is 3.18. The van der Waals surface area contributed by atoms with Gasteiger partial charge < -0.3 is 4.74 Å². The van der Waals surface area contributed by atoms with Crippen LogP contribution in [0.1, 0.15) is 47.3 Å². The van der Waals surface area contributed by atoms with E-state index in [-0.39, 0.29) is 6.61 Å². The zero-order valence-corrected chi connectivity index (χ0v) is 14.8. The highest BCUT2D eigenvalue weighted by molar-refractivity contribution is 7.89. The average Bonchev–Trinajstić information content (AvgIpc) is 2.61. The topological polar surface area (TPSA) is 60.4 Å². The summed E-state index contributed by atoms with van der Waals surface area (Å²) in [5, 5.41) is -0.495. The molecule has 2 aromatic rings. The van der Waals surface area contributed by atoms with Gasteiger partial charge in [-0.3, -0.25) is 9.00 Å². The maximum absolute atomic E-state index is 13.6. The van der Waals surface area contributed by atoms with Gasteiger partial charge in [-0.2, -0.15) is 0 Å². The fourth-order valence-electron chi connectivity index (χ4n) is 4.26. The van der Waals surface area contributed by atoms with Gasteiger partial charge >= 0.3 is 5.97 Å². The van der Waals surface area contributed by atoms with Crippen LogP contribution >= 0.6 is 0 Å². The molecule has 25 heavy (non-hydrogen) atoms. The van der Waals surface area contributed by atoms with Crippen molar-refractivity contribution in [3.8, 4) is 0 Å². The molecule has 5 rings (SSSR count). The highest BCUT2D eigenvalue weighted by atomic mass is 32.2. The largest absolute Gasteiger partial charge is 0.465 e. The summed E-state index contributed by atoms with van der Waals surface area (Å²) in [5.41, 5.74) is 3.67. The summed E-state index contributed by atoms with van der Waals surface area (Å²) in [6.07, 6.45) is 0. The minimum Gasteiger partial charge on any atom is -0.465 e. The van der Waals surface area contributed by atoms with E-state index in [0.29, 0.717) is 0 Å². The number of hydrogen-bond donors (Lipinski definition) is 0. The Hall–Kier alpha value is -2.27. The molecular formula is C20H18O4S. The molecule has 0 fully saturated rings. The van der Waals surface area contributed by atoms with Crippen molar-refractivity contribution in [1.82, 2.24) is 0 Å². The van der Waals surface area contributed by atoms with Crippen molar-refractivity contribution in [3.05, 3.63) is 70.8 Å². The quantitative estimate of drug-likeness (QED) is 0.628. The molecule has 2 unspecified atom stereocenters. The second kappa shape index (κ2) is 5.63. The highest BCUT2D eigenvalue weighted by Gasteiger charge is 2.66. The van der Waals surface area contributed by atoms with Crippen molar-refractivity contribution in [1.29, 1.82) is 0 Å². The Morgan fingerprint density at radius 3 is 1.92 bits per heavy atom. The third-order valence-electron chi connectivity index (χ3n) is 5.22. The van der Waals surface area contributed by atoms with Gasteiger partial charge in [-0.25, -0.2) is 4.79 Å². The van der Waals surface area contributed by atoms with E-state index in [1.54, 1.807) is 6.92 Å². The number of rotatable bonds is 3. The normalized spacial score (nSPS) is 28.8. The van der Waals surface area contributed by atoms with Gasteiger partial charge in [0.15, 0.2) is 5.78 Å². The smallest absolute Gasteiger partial charge is 0.333 e. The molecule has 2 aromatic carbocycles. The lowest BCUT2D eigenvalue weighted by Gasteiger charge is -2.49. The molecule has 0 aromatic heterocycles. The van der Waals surface area contributed by atoms with Crippen LogP contribution in [0, 0.1) is 0 Å². The summed E-state index contributed by atoms with van der Waals surface area (Å²) >= 11 is 0. The molecule has 5 heteroatoms. The van der Waals surface area contributed by atoms with Crippen LogP contribution < -0.4 is 0 Å². The summed E-state index contributed by atoms with van der Waals surface area (Å²) in [4.78, 5) is 25.7. The summed E-state index contributed by atoms with van der Waals surface area (Å²) in [5.74, 6) is -1.66. The standard InChI is InChI=1S/C20H18O4S/c1-3-24-19(22)20(12(2)21)17-13-8-4-6-10-15(13)18(25(20)23)16-11-7-5-9-14(16)17/h4-11,17-18H,3H2,1-2H3. The number of ether oxygens (including phenoxy) is 1. The lowest BCUT2D eigenvalue weighted by molar-refractivity contribution is -0.149. The third-order valence-corrected chi connectivity index (χ3v) is 7.48. The van der Waals surface area contributed by atoms with Crippen LogP contribution in [0.5, 0.6) is 0 Å². The van der Waals surface area contributed by atoms with Crippen LogP contribution in [0.2, 0.25) is 0 Å². The average molecular weight is 354 g/mol. The summed E-state index contributed by atoms with van der Waals surface area (Å²) in [6, 6.07) is 15.3. The van der Waals surface area contributed by atoms with Crippen molar-refractivity contribution >= 4 is 22.6 Å². The number of Topliss-reactive ketones (excluding diaryl/α,β-unsaturated/α-hetero) is 1. The SMILES string of the molecule is CCOC(=O)C1(C(C)=O)C2c3ccccc3C(c3ccccc32)S1=O. The first-order valence-corrected chi connectivity index (χ1v) is 9.53. The Balaban J connectivity index is 2.09. The molecule has 128 valence electrons. The van der Waals surface area contributed by atoms with Crippen molar-refractivity contribution in [3.63, 3.8) is 0 Å². The van der Waals surface area contributed by atoms with Crippen LogP contribution in [0.3, 0.4) is 0 Å². The second-order valence-electron chi connectivity index (χ2n) is 6.38. The minimum atomic E-state index is -1.73. The maximum atomic E-state index is 13.6. The summed E-state index contributed by atoms with van der Waals surface area (Å²) < 4.78 is 17.2. The molecule has 2 heterocycles. The number of esters is 1. The molecule has 0 spiro atoms. The van der Waals surface area contributed by atoms with Gasteiger partial charge in [0.25, 0.3) is 0 Å². The van der Waals surface area contributed by atoms with Gasteiger partial charge in [-0.1, -0.05) is 48.5 Å². The molecule has 2 bridgehead atoms. The second-order valence-corrected chi connectivity index (χ2v) is 8.09. The van der Waals surface area contributed by atoms with E-state index in [4.69, 9.17) is 4.74 Å². The maximum Gasteiger partial charge on any atom is 0.333 e. The van der Waals surface area contributed by atoms with Gasteiger partial charge in [-0.05, 0) is 36.1 Å². The fourth-order valence-corrected chi connectivity index (χ4v) is 6.51. The first-order chi connectivity index (χ1) is 12.0. The summed E-state index contributed by atoms with van der Waals surface area (Å²) in [7, 11) is -1.73. The fraction of sp³-hybridized carbons (Fsp3) is 0.300. The third kappa shape index (κ3) is 1.90. The number of carbonyl (C=O) groups is 2. The molecule has 0 saturated heterocycles. The number of hydrogen-bond acceptors (Lipinski definition) is 4. The van der Waals surface area contributed by atoms with Gasteiger partial charge in [0, 0.05) is 5.92 Å². The minimum absolute atomic E-state index is 0.145. The molecule has 2 atom stereocenters. The van der Waals surface area contributed by atoms with Crippen molar-refractivity contribution in [2.24, 2.45) is 0 Å². The van der Waals surface area contributed by atoms with Crippen LogP contribution in [-0.2, 0) is 25.1 Å². The van der Waals surface area contributed by atoms with Crippen molar-refractivity contribution < 1.29 is 18.5 Å². The highest BCUT2D eigenvalue weighted by Crippen LogP contribution is 2.58. The molecule has 1 aliphatic carbocycles. The lowest BCUT2D eigenvalue weighted by atomic mass is 9.69. The molecule has 2 aliphatic heterocycles. The van der Waals surface area contributed by atoms with E-state index in [1.165, 1.54) is 6.92 Å². The van der Waals surface area contributed by atoms with Gasteiger partial charge in [-0.15, -0.1) is 0 Å². The van der Waals surface area contributed by atoms with E-state index in [9.17, 15) is 13.8 Å². The van der Waals surface area contributed by atoms with Crippen molar-refractivity contribution in [2.75, 3.05) is 6.61 Å². The number of ketones is 1. The van der Waals surface area contributed by atoms with E-state index < -0.39 is 38.5 Å². The Morgan fingerprint density at radius 1 is 1.00 bits per heavy atom. The predicted octanol–water partition coefficient (Wildman–Crippen LogP) is 2.87. The van der Waals surface area contributed by atoms with E-state index in [2.05, 4.69) is 0 Å². The lowest BCUT2D eigenvalue weighted by Crippen LogP contribution is -2.61. The Bertz CT molecular complexity index is 872. The van der Waals surface area contributed by atoms with Crippen molar-refractivity contribution in [2.45, 2.75) is 29.8 Å². The first-order valence-electron chi connectivity index (χ1n) is 8.31. The van der Waals surface area contributed by atoms with Crippen LogP contribution in [0.4, 0.5) is 0 Å². The molecule has 4 nitrogen and oxygen atoms in total. The van der Waals surface area contributed by atoms with E-state index in [1.807, 2.05) is 48.5 Å². The molecule has 0 amide bonds. The Morgan fingerprint density at radius 2 is 1.48 bits per heavy atom. The predicted molar refractivity (Wildman–Crippen MR) is 94.8 cm³/mol. The van der Waals surface area contributed by atoms with Crippen LogP contribution in [0.25, 0.3) is 0 Å². The molecule has 0 saturated carbocycles. The van der Waals surface area contributed by atoms with Gasteiger partial charge in [0.05, 0.1) is 22.7 Å². The van der Waals surface area contributed by atoms with E-state index >= 15 is 0 Å².